The first-order valence-electron chi connectivity index (χ1n) is 5.56. The third-order valence-electron chi connectivity index (χ3n) is 2.43. The minimum absolute atomic E-state index is 0.122. The largest absolute Gasteiger partial charge is 0.352 e. The Morgan fingerprint density at radius 2 is 1.35 bits per heavy atom. The average molecular weight is 295 g/mol. The summed E-state index contributed by atoms with van der Waals surface area (Å²) in [6.07, 6.45) is 0.313. The van der Waals surface area contributed by atoms with Crippen molar-refractivity contribution in [3.63, 3.8) is 0 Å². The molecular weight excluding hydrogens is 285 g/mol. The Hall–Kier alpha value is -1.99. The van der Waals surface area contributed by atoms with Crippen LogP contribution < -0.4 is 5.32 Å². The summed E-state index contributed by atoms with van der Waals surface area (Å²) in [6, 6.07) is 0. The standard InChI is InChI=1S/C12H10F5NO2/c1-5(19)3-2-4-18-12(20)6-7(13)9(15)11(17)10(16)8(6)14/h2-4H2,1H3,(H,18,20). The molecule has 8 heteroatoms. The first-order chi connectivity index (χ1) is 9.27. The third-order valence-corrected chi connectivity index (χ3v) is 2.43. The van der Waals surface area contributed by atoms with E-state index >= 15 is 0 Å². The van der Waals surface area contributed by atoms with E-state index in [0.29, 0.717) is 0 Å². The maximum atomic E-state index is 13.3. The van der Waals surface area contributed by atoms with Gasteiger partial charge < -0.3 is 10.1 Å². The lowest BCUT2D eigenvalue weighted by atomic mass is 10.1. The van der Waals surface area contributed by atoms with Gasteiger partial charge in [-0.1, -0.05) is 0 Å². The van der Waals surface area contributed by atoms with Gasteiger partial charge in [0.25, 0.3) is 5.91 Å². The number of Topliss-reactive ketones (excluding diaryl/α,β-unsaturated/α-hetero) is 1. The van der Waals surface area contributed by atoms with E-state index in [2.05, 4.69) is 0 Å². The van der Waals surface area contributed by atoms with E-state index < -0.39 is 40.6 Å². The smallest absolute Gasteiger partial charge is 0.257 e. The minimum atomic E-state index is -2.33. The highest BCUT2D eigenvalue weighted by atomic mass is 19.2. The van der Waals surface area contributed by atoms with Crippen molar-refractivity contribution in [1.29, 1.82) is 0 Å². The summed E-state index contributed by atoms with van der Waals surface area (Å²) in [7, 11) is 0. The Morgan fingerprint density at radius 3 is 1.80 bits per heavy atom. The Kier molecular flexibility index (Phi) is 5.18. The molecule has 110 valence electrons. The fourth-order valence-electron chi connectivity index (χ4n) is 1.43. The van der Waals surface area contributed by atoms with Gasteiger partial charge in [0, 0.05) is 13.0 Å². The number of amides is 1. The highest BCUT2D eigenvalue weighted by molar-refractivity contribution is 5.94. The second kappa shape index (κ2) is 6.44. The van der Waals surface area contributed by atoms with Crippen molar-refractivity contribution in [1.82, 2.24) is 5.32 Å². The predicted molar refractivity (Wildman–Crippen MR) is 58.5 cm³/mol. The highest BCUT2D eigenvalue weighted by Crippen LogP contribution is 2.22. The molecule has 1 N–H and O–H groups in total. The van der Waals surface area contributed by atoms with Crippen molar-refractivity contribution in [2.45, 2.75) is 19.8 Å². The summed E-state index contributed by atoms with van der Waals surface area (Å²) in [5.74, 6) is -12.7. The molecule has 0 aromatic heterocycles. The van der Waals surface area contributed by atoms with Crippen LogP contribution in [0.5, 0.6) is 0 Å². The van der Waals surface area contributed by atoms with Crippen molar-refractivity contribution >= 4 is 11.7 Å². The monoisotopic (exact) mass is 295 g/mol. The molecule has 3 nitrogen and oxygen atoms in total. The van der Waals surface area contributed by atoms with E-state index in [9.17, 15) is 31.5 Å². The number of benzene rings is 1. The number of nitrogens with one attached hydrogen (secondary N) is 1. The lowest BCUT2D eigenvalue weighted by molar-refractivity contribution is -0.117. The number of hydrogen-bond acceptors (Lipinski definition) is 2. The van der Waals surface area contributed by atoms with Crippen molar-refractivity contribution in [2.24, 2.45) is 0 Å². The minimum Gasteiger partial charge on any atom is -0.352 e. The summed E-state index contributed by atoms with van der Waals surface area (Å²) in [5.41, 5.74) is -1.54. The molecule has 1 aromatic rings. The van der Waals surface area contributed by atoms with E-state index in [4.69, 9.17) is 0 Å². The molecule has 0 atom stereocenters. The van der Waals surface area contributed by atoms with Crippen LogP contribution in [0.15, 0.2) is 0 Å². The van der Waals surface area contributed by atoms with Crippen LogP contribution in [0.4, 0.5) is 22.0 Å². The molecule has 0 heterocycles. The Balaban J connectivity index is 2.91. The van der Waals surface area contributed by atoms with E-state index in [1.807, 2.05) is 5.32 Å². The second-order valence-corrected chi connectivity index (χ2v) is 4.01. The molecule has 1 rings (SSSR count). The molecule has 0 aliphatic carbocycles. The quantitative estimate of drug-likeness (QED) is 0.392. The number of rotatable bonds is 5. The average Bonchev–Trinajstić information content (AvgIpc) is 2.39. The Morgan fingerprint density at radius 1 is 0.900 bits per heavy atom. The number of halogens is 5. The van der Waals surface area contributed by atoms with Gasteiger partial charge in [0.1, 0.15) is 11.3 Å². The maximum Gasteiger partial charge on any atom is 0.257 e. The fourth-order valence-corrected chi connectivity index (χ4v) is 1.43. The summed E-state index contributed by atoms with van der Waals surface area (Å²) >= 11 is 0. The van der Waals surface area contributed by atoms with Crippen LogP contribution in [0, 0.1) is 29.1 Å². The van der Waals surface area contributed by atoms with Gasteiger partial charge in [0.2, 0.25) is 5.82 Å². The van der Waals surface area contributed by atoms with Gasteiger partial charge in [-0.05, 0) is 13.3 Å². The molecule has 0 unspecified atom stereocenters. The molecule has 0 aliphatic rings. The van der Waals surface area contributed by atoms with Gasteiger partial charge in [-0.15, -0.1) is 0 Å². The van der Waals surface area contributed by atoms with E-state index in [1.165, 1.54) is 6.92 Å². The normalized spacial score (nSPS) is 10.5. The maximum absolute atomic E-state index is 13.3. The van der Waals surface area contributed by atoms with Crippen molar-refractivity contribution < 1.29 is 31.5 Å². The molecule has 0 bridgehead atoms. The zero-order valence-electron chi connectivity index (χ0n) is 10.3. The van der Waals surface area contributed by atoms with Crippen LogP contribution >= 0.6 is 0 Å². The molecular formula is C12H10F5NO2. The molecule has 0 saturated carbocycles. The number of carbonyl (C=O) groups excluding carboxylic acids is 2. The summed E-state index contributed by atoms with van der Waals surface area (Å²) < 4.78 is 65.0. The molecule has 0 fully saturated rings. The summed E-state index contributed by atoms with van der Waals surface area (Å²) in [5, 5.41) is 1.98. The van der Waals surface area contributed by atoms with Crippen LogP contribution in [-0.4, -0.2) is 18.2 Å². The number of ketones is 1. The Labute approximate surface area is 110 Å². The van der Waals surface area contributed by atoms with Crippen molar-refractivity contribution in [3.8, 4) is 0 Å². The van der Waals surface area contributed by atoms with Crippen molar-refractivity contribution in [3.05, 3.63) is 34.6 Å². The molecule has 0 spiro atoms. The first-order valence-corrected chi connectivity index (χ1v) is 5.56. The fraction of sp³-hybridized carbons (Fsp3) is 0.333. The third kappa shape index (κ3) is 3.31. The SMILES string of the molecule is CC(=O)CCCNC(=O)c1c(F)c(F)c(F)c(F)c1F. The second-order valence-electron chi connectivity index (χ2n) is 4.01. The van der Waals surface area contributed by atoms with Crippen LogP contribution in [-0.2, 0) is 4.79 Å². The van der Waals surface area contributed by atoms with Crippen LogP contribution in [0.25, 0.3) is 0 Å². The number of carbonyl (C=O) groups is 2. The first kappa shape index (κ1) is 16.1. The Bertz CT molecular complexity index is 530. The summed E-state index contributed by atoms with van der Waals surface area (Å²) in [6.45, 7) is 1.18. The van der Waals surface area contributed by atoms with Crippen LogP contribution in [0.1, 0.15) is 30.1 Å². The zero-order valence-corrected chi connectivity index (χ0v) is 10.3. The van der Waals surface area contributed by atoms with Crippen LogP contribution in [0.2, 0.25) is 0 Å². The van der Waals surface area contributed by atoms with Gasteiger partial charge in [0.15, 0.2) is 23.3 Å². The molecule has 1 aromatic carbocycles. The molecule has 1 amide bonds. The lowest BCUT2D eigenvalue weighted by Gasteiger charge is -2.08. The van der Waals surface area contributed by atoms with Gasteiger partial charge in [0.05, 0.1) is 0 Å². The molecule has 0 radical (unpaired) electrons. The molecule has 20 heavy (non-hydrogen) atoms. The molecule has 0 aliphatic heterocycles. The van der Waals surface area contributed by atoms with E-state index in [-0.39, 0.29) is 25.2 Å². The van der Waals surface area contributed by atoms with Gasteiger partial charge >= 0.3 is 0 Å². The van der Waals surface area contributed by atoms with Gasteiger partial charge in [-0.2, -0.15) is 0 Å². The predicted octanol–water partition coefficient (Wildman–Crippen LogP) is 2.48. The number of hydrogen-bond donors (Lipinski definition) is 1. The van der Waals surface area contributed by atoms with Crippen LogP contribution in [0.3, 0.4) is 0 Å². The van der Waals surface area contributed by atoms with E-state index in [1.54, 1.807) is 0 Å². The van der Waals surface area contributed by atoms with Gasteiger partial charge in [-0.3, -0.25) is 4.79 Å². The summed E-state index contributed by atoms with van der Waals surface area (Å²) in [4.78, 5) is 22.0. The van der Waals surface area contributed by atoms with Crippen molar-refractivity contribution in [2.75, 3.05) is 6.54 Å². The topological polar surface area (TPSA) is 46.2 Å². The zero-order chi connectivity index (χ0) is 15.4. The van der Waals surface area contributed by atoms with Gasteiger partial charge in [-0.25, -0.2) is 22.0 Å². The highest BCUT2D eigenvalue weighted by Gasteiger charge is 2.29. The lowest BCUT2D eigenvalue weighted by Crippen LogP contribution is -2.28. The van der Waals surface area contributed by atoms with E-state index in [0.717, 1.165) is 0 Å². The molecule has 0 saturated heterocycles.